The van der Waals surface area contributed by atoms with E-state index in [2.05, 4.69) is 53.3 Å². The number of H-pyrrole nitrogens is 1. The number of aryl methyl sites for hydroxylation is 5. The maximum absolute atomic E-state index is 4.38. The summed E-state index contributed by atoms with van der Waals surface area (Å²) in [6, 6.07) is 4.24. The smallest absolute Gasteiger partial charge is 0.129 e. The quantitative estimate of drug-likeness (QED) is 0.781. The van der Waals surface area contributed by atoms with Crippen molar-refractivity contribution in [3.05, 3.63) is 40.2 Å². The minimum atomic E-state index is 0.828. The number of azo groups is 1. The lowest BCUT2D eigenvalue weighted by atomic mass is 10.1. The third kappa shape index (κ3) is 2.32. The van der Waals surface area contributed by atoms with Gasteiger partial charge in [-0.1, -0.05) is 17.7 Å². The standard InChI is InChI=1S/C14H18N4/c1-8-6-9(2)13(10(3)7-8)17-18-14-11(4)15-16-12(14)5/h6-7H,1-5H3,(H,15,16)/b18-17+. The fourth-order valence-corrected chi connectivity index (χ4v) is 2.12. The maximum Gasteiger partial charge on any atom is 0.129 e. The van der Waals surface area contributed by atoms with Gasteiger partial charge in [0.1, 0.15) is 5.69 Å². The number of aromatic nitrogens is 2. The molecule has 4 heteroatoms. The highest BCUT2D eigenvalue weighted by molar-refractivity contribution is 5.54. The number of hydrogen-bond donors (Lipinski definition) is 1. The van der Waals surface area contributed by atoms with E-state index in [1.165, 1.54) is 5.56 Å². The number of aromatic amines is 1. The van der Waals surface area contributed by atoms with Crippen LogP contribution in [0.3, 0.4) is 0 Å². The minimum absolute atomic E-state index is 0.828. The Morgan fingerprint density at radius 1 is 0.889 bits per heavy atom. The second-order valence-corrected chi connectivity index (χ2v) is 4.73. The van der Waals surface area contributed by atoms with Crippen LogP contribution in [0.1, 0.15) is 28.1 Å². The Kier molecular flexibility index (Phi) is 3.28. The van der Waals surface area contributed by atoms with Crippen molar-refractivity contribution in [2.24, 2.45) is 10.2 Å². The summed E-state index contributed by atoms with van der Waals surface area (Å²) in [6.07, 6.45) is 0. The third-order valence-electron chi connectivity index (χ3n) is 2.97. The lowest BCUT2D eigenvalue weighted by Gasteiger charge is -2.05. The molecule has 0 amide bonds. The van der Waals surface area contributed by atoms with Gasteiger partial charge in [-0.2, -0.15) is 5.10 Å². The topological polar surface area (TPSA) is 53.4 Å². The van der Waals surface area contributed by atoms with E-state index >= 15 is 0 Å². The largest absolute Gasteiger partial charge is 0.280 e. The summed E-state index contributed by atoms with van der Waals surface area (Å²) in [5.41, 5.74) is 7.14. The van der Waals surface area contributed by atoms with Crippen molar-refractivity contribution in [3.8, 4) is 0 Å². The highest BCUT2D eigenvalue weighted by atomic mass is 15.2. The Morgan fingerprint density at radius 2 is 1.44 bits per heavy atom. The van der Waals surface area contributed by atoms with Gasteiger partial charge in [0.15, 0.2) is 0 Å². The molecule has 94 valence electrons. The SMILES string of the molecule is Cc1cc(C)c(/N=N/c2c(C)n[nH]c2C)c(C)c1. The van der Waals surface area contributed by atoms with Crippen LogP contribution in [-0.4, -0.2) is 10.2 Å². The van der Waals surface area contributed by atoms with Crippen molar-refractivity contribution < 1.29 is 0 Å². The molecular weight excluding hydrogens is 224 g/mol. The Morgan fingerprint density at radius 3 is 1.94 bits per heavy atom. The van der Waals surface area contributed by atoms with Gasteiger partial charge in [-0.05, 0) is 45.7 Å². The minimum Gasteiger partial charge on any atom is -0.280 e. The molecule has 0 saturated heterocycles. The molecular formula is C14H18N4. The Hall–Kier alpha value is -1.97. The van der Waals surface area contributed by atoms with Gasteiger partial charge in [0, 0.05) is 0 Å². The van der Waals surface area contributed by atoms with Crippen LogP contribution in [0, 0.1) is 34.6 Å². The normalized spacial score (nSPS) is 11.4. The van der Waals surface area contributed by atoms with Crippen LogP contribution in [0.25, 0.3) is 0 Å². The molecule has 0 unspecified atom stereocenters. The molecule has 0 atom stereocenters. The first-order valence-electron chi connectivity index (χ1n) is 6.00. The molecule has 0 fully saturated rings. The molecule has 18 heavy (non-hydrogen) atoms. The number of rotatable bonds is 2. The van der Waals surface area contributed by atoms with Gasteiger partial charge < -0.3 is 0 Å². The van der Waals surface area contributed by atoms with Crippen LogP contribution in [0.15, 0.2) is 22.4 Å². The van der Waals surface area contributed by atoms with E-state index in [0.29, 0.717) is 0 Å². The van der Waals surface area contributed by atoms with Crippen LogP contribution < -0.4 is 0 Å². The van der Waals surface area contributed by atoms with Gasteiger partial charge in [0.2, 0.25) is 0 Å². The average Bonchev–Trinajstić information content (AvgIpc) is 2.58. The molecule has 0 radical (unpaired) electrons. The van der Waals surface area contributed by atoms with Crippen molar-refractivity contribution in [2.75, 3.05) is 0 Å². The molecule has 2 rings (SSSR count). The Balaban J connectivity index is 2.41. The van der Waals surface area contributed by atoms with Crippen molar-refractivity contribution in [3.63, 3.8) is 0 Å². The van der Waals surface area contributed by atoms with Crippen molar-refractivity contribution >= 4 is 11.4 Å². The number of benzene rings is 1. The molecule has 1 aromatic carbocycles. The van der Waals surface area contributed by atoms with E-state index in [9.17, 15) is 0 Å². The summed E-state index contributed by atoms with van der Waals surface area (Å²) in [4.78, 5) is 0. The third-order valence-corrected chi connectivity index (χ3v) is 2.97. The lowest BCUT2D eigenvalue weighted by molar-refractivity contribution is 1.02. The van der Waals surface area contributed by atoms with Gasteiger partial charge in [-0.15, -0.1) is 10.2 Å². The zero-order valence-electron chi connectivity index (χ0n) is 11.5. The predicted molar refractivity (Wildman–Crippen MR) is 72.9 cm³/mol. The van der Waals surface area contributed by atoms with E-state index in [4.69, 9.17) is 0 Å². The molecule has 0 aliphatic carbocycles. The molecule has 2 aromatic rings. The lowest BCUT2D eigenvalue weighted by Crippen LogP contribution is -1.82. The van der Waals surface area contributed by atoms with Gasteiger partial charge >= 0.3 is 0 Å². The maximum atomic E-state index is 4.38. The summed E-state index contributed by atoms with van der Waals surface area (Å²) in [5.74, 6) is 0. The van der Waals surface area contributed by atoms with E-state index < -0.39 is 0 Å². The number of nitrogens with one attached hydrogen (secondary N) is 1. The highest BCUT2D eigenvalue weighted by Gasteiger charge is 2.06. The summed E-state index contributed by atoms with van der Waals surface area (Å²) >= 11 is 0. The summed E-state index contributed by atoms with van der Waals surface area (Å²) in [7, 11) is 0. The highest BCUT2D eigenvalue weighted by Crippen LogP contribution is 2.28. The first-order chi connectivity index (χ1) is 8.49. The number of nitrogens with zero attached hydrogens (tertiary/aromatic N) is 3. The summed E-state index contributed by atoms with van der Waals surface area (Å²) in [6.45, 7) is 10.1. The van der Waals surface area contributed by atoms with Crippen LogP contribution in [0.4, 0.5) is 11.4 Å². The first-order valence-corrected chi connectivity index (χ1v) is 6.00. The number of hydrogen-bond acceptors (Lipinski definition) is 3. The monoisotopic (exact) mass is 242 g/mol. The predicted octanol–water partition coefficient (Wildman–Crippen LogP) is 4.37. The van der Waals surface area contributed by atoms with Gasteiger partial charge in [-0.25, -0.2) is 0 Å². The molecule has 1 N–H and O–H groups in total. The van der Waals surface area contributed by atoms with Crippen molar-refractivity contribution in [2.45, 2.75) is 34.6 Å². The van der Waals surface area contributed by atoms with Crippen LogP contribution in [0.5, 0.6) is 0 Å². The van der Waals surface area contributed by atoms with Crippen molar-refractivity contribution in [1.82, 2.24) is 10.2 Å². The van der Waals surface area contributed by atoms with E-state index in [1.807, 2.05) is 13.8 Å². The molecule has 0 saturated carbocycles. The Labute approximate surface area is 107 Å². The summed E-state index contributed by atoms with van der Waals surface area (Å²) in [5, 5.41) is 15.7. The zero-order chi connectivity index (χ0) is 13.3. The van der Waals surface area contributed by atoms with Crippen LogP contribution in [0.2, 0.25) is 0 Å². The fourth-order valence-electron chi connectivity index (χ4n) is 2.12. The van der Waals surface area contributed by atoms with Crippen LogP contribution >= 0.6 is 0 Å². The molecule has 0 aliphatic heterocycles. The summed E-state index contributed by atoms with van der Waals surface area (Å²) < 4.78 is 0. The van der Waals surface area contributed by atoms with Gasteiger partial charge in [0.05, 0.1) is 17.1 Å². The van der Waals surface area contributed by atoms with Crippen LogP contribution in [-0.2, 0) is 0 Å². The molecule has 0 aliphatic rings. The molecule has 1 aromatic heterocycles. The van der Waals surface area contributed by atoms with E-state index in [1.54, 1.807) is 0 Å². The van der Waals surface area contributed by atoms with Gasteiger partial charge in [0.25, 0.3) is 0 Å². The Bertz CT molecular complexity index is 566. The fraction of sp³-hybridized carbons (Fsp3) is 0.357. The molecule has 0 bridgehead atoms. The van der Waals surface area contributed by atoms with E-state index in [0.717, 1.165) is 33.9 Å². The van der Waals surface area contributed by atoms with Crippen molar-refractivity contribution in [1.29, 1.82) is 0 Å². The second kappa shape index (κ2) is 4.72. The molecule has 4 nitrogen and oxygen atoms in total. The average molecular weight is 242 g/mol. The second-order valence-electron chi connectivity index (χ2n) is 4.73. The first kappa shape index (κ1) is 12.5. The zero-order valence-corrected chi connectivity index (χ0v) is 11.5. The molecule has 0 spiro atoms. The van der Waals surface area contributed by atoms with E-state index in [-0.39, 0.29) is 0 Å². The molecule has 1 heterocycles. The van der Waals surface area contributed by atoms with Gasteiger partial charge in [-0.3, -0.25) is 5.10 Å².